The lowest BCUT2D eigenvalue weighted by Gasteiger charge is -2.11. The van der Waals surface area contributed by atoms with Crippen LogP contribution in [-0.4, -0.2) is 44.6 Å². The summed E-state index contributed by atoms with van der Waals surface area (Å²) < 4.78 is 14.8. The van der Waals surface area contributed by atoms with Crippen molar-refractivity contribution in [1.82, 2.24) is 19.3 Å². The molecule has 0 spiro atoms. The number of hydrogen-bond donors (Lipinski definition) is 1. The lowest BCUT2D eigenvalue weighted by atomic mass is 9.96. The van der Waals surface area contributed by atoms with Gasteiger partial charge < -0.3 is 23.7 Å². The van der Waals surface area contributed by atoms with E-state index in [1.54, 1.807) is 37.7 Å². The van der Waals surface area contributed by atoms with Crippen molar-refractivity contribution in [3.05, 3.63) is 62.1 Å². The second kappa shape index (κ2) is 11.8. The average Bonchev–Trinajstić information content (AvgIpc) is 3.64. The molecule has 5 rings (SSSR count). The predicted molar refractivity (Wildman–Crippen MR) is 160 cm³/mol. The Hall–Kier alpha value is -4.01. The number of benzene rings is 1. The molecule has 212 valence electrons. The highest BCUT2D eigenvalue weighted by atomic mass is 32.2. The smallest absolute Gasteiger partial charge is 0.342 e. The van der Waals surface area contributed by atoms with Crippen LogP contribution in [0.15, 0.2) is 34.3 Å². The van der Waals surface area contributed by atoms with Crippen LogP contribution in [-0.2, 0) is 24.2 Å². The molecule has 3 heterocycles. The molecule has 0 aliphatic heterocycles. The van der Waals surface area contributed by atoms with E-state index in [9.17, 15) is 15.2 Å². The van der Waals surface area contributed by atoms with E-state index in [4.69, 9.17) is 9.47 Å². The Morgan fingerprint density at radius 3 is 2.49 bits per heavy atom. The van der Waals surface area contributed by atoms with Crippen molar-refractivity contribution < 1.29 is 19.4 Å². The van der Waals surface area contributed by atoms with Gasteiger partial charge in [0.25, 0.3) is 0 Å². The Morgan fingerprint density at radius 2 is 1.85 bits per heavy atom. The first-order chi connectivity index (χ1) is 19.8. The SMILES string of the molecule is CCn1c(S/C(=C\c2cc(C)n(-c3sc4c(c3C#N)CCCC4)c2C)C(=O)O)nnc1-c1cc(OC)cc(OC)c1. The van der Waals surface area contributed by atoms with Crippen molar-refractivity contribution in [1.29, 1.82) is 5.26 Å². The van der Waals surface area contributed by atoms with Gasteiger partial charge in [-0.15, -0.1) is 21.5 Å². The Labute approximate surface area is 247 Å². The molecule has 0 fully saturated rings. The Morgan fingerprint density at radius 1 is 1.15 bits per heavy atom. The molecule has 1 N–H and O–H groups in total. The zero-order chi connectivity index (χ0) is 29.3. The minimum absolute atomic E-state index is 0.119. The number of nitrogens with zero attached hydrogens (tertiary/aromatic N) is 5. The summed E-state index contributed by atoms with van der Waals surface area (Å²) in [6.45, 7) is 6.44. The van der Waals surface area contributed by atoms with Crippen molar-refractivity contribution in [2.75, 3.05) is 14.2 Å². The number of fused-ring (bicyclic) bond motifs is 1. The molecule has 11 heteroatoms. The van der Waals surface area contributed by atoms with E-state index >= 15 is 0 Å². The van der Waals surface area contributed by atoms with Gasteiger partial charge >= 0.3 is 5.97 Å². The lowest BCUT2D eigenvalue weighted by molar-refractivity contribution is -0.131. The van der Waals surface area contributed by atoms with Gasteiger partial charge in [0.15, 0.2) is 11.0 Å². The fourth-order valence-electron chi connectivity index (χ4n) is 5.24. The van der Waals surface area contributed by atoms with Crippen LogP contribution < -0.4 is 9.47 Å². The van der Waals surface area contributed by atoms with E-state index in [0.717, 1.165) is 70.5 Å². The van der Waals surface area contributed by atoms with Gasteiger partial charge in [0.05, 0.1) is 19.8 Å². The molecular weight excluding hydrogens is 558 g/mol. The van der Waals surface area contributed by atoms with Crippen LogP contribution in [0.4, 0.5) is 0 Å². The molecule has 0 radical (unpaired) electrons. The second-order valence-electron chi connectivity index (χ2n) is 9.73. The number of carboxylic acid groups (broad SMARTS) is 1. The number of aromatic nitrogens is 4. The lowest BCUT2D eigenvalue weighted by Crippen LogP contribution is -2.03. The van der Waals surface area contributed by atoms with Gasteiger partial charge in [-0.25, -0.2) is 4.79 Å². The number of hydrogen-bond acceptors (Lipinski definition) is 8. The van der Waals surface area contributed by atoms with E-state index in [2.05, 4.69) is 20.8 Å². The van der Waals surface area contributed by atoms with Crippen LogP contribution in [0, 0.1) is 25.2 Å². The average molecular weight is 590 g/mol. The zero-order valence-electron chi connectivity index (χ0n) is 23.6. The van der Waals surface area contributed by atoms with E-state index in [1.165, 1.54) is 10.4 Å². The summed E-state index contributed by atoms with van der Waals surface area (Å²) in [6, 6.07) is 9.87. The van der Waals surface area contributed by atoms with Gasteiger partial charge in [-0.2, -0.15) is 5.26 Å². The molecule has 0 unspecified atom stereocenters. The largest absolute Gasteiger partial charge is 0.497 e. The summed E-state index contributed by atoms with van der Waals surface area (Å²) in [5, 5.41) is 30.3. The standard InChI is InChI=1S/C30H31N5O4S2/c1-6-34-27(20-12-21(38-4)15-22(13-20)39-5)32-33-30(34)41-26(29(36)37)14-19-11-17(2)35(18(19)3)28-24(16-31)23-9-7-8-10-25(23)40-28/h11-15H,6-10H2,1-5H3,(H,36,37)/b26-14-. The number of aliphatic carboxylic acids is 1. The van der Waals surface area contributed by atoms with Gasteiger partial charge in [-0.05, 0) is 93.6 Å². The molecule has 0 amide bonds. The predicted octanol–water partition coefficient (Wildman–Crippen LogP) is 6.42. The van der Waals surface area contributed by atoms with E-state index in [0.29, 0.717) is 29.0 Å². The summed E-state index contributed by atoms with van der Waals surface area (Å²) in [5.41, 5.74) is 5.28. The maximum absolute atomic E-state index is 12.4. The van der Waals surface area contributed by atoms with Gasteiger partial charge in [0.2, 0.25) is 0 Å². The second-order valence-corrected chi connectivity index (χ2v) is 11.8. The Bertz CT molecular complexity index is 1680. The van der Waals surface area contributed by atoms with E-state index in [1.807, 2.05) is 43.5 Å². The van der Waals surface area contributed by atoms with Crippen LogP contribution in [0.2, 0.25) is 0 Å². The number of carboxylic acids is 1. The number of ether oxygens (including phenoxy) is 2. The first-order valence-corrected chi connectivity index (χ1v) is 15.0. The van der Waals surface area contributed by atoms with Gasteiger partial charge in [-0.1, -0.05) is 0 Å². The van der Waals surface area contributed by atoms with E-state index < -0.39 is 5.97 Å². The first kappa shape index (κ1) is 28.5. The molecule has 0 saturated carbocycles. The summed E-state index contributed by atoms with van der Waals surface area (Å²) >= 11 is 2.74. The van der Waals surface area contributed by atoms with Crippen LogP contribution in [0.1, 0.15) is 52.7 Å². The third-order valence-electron chi connectivity index (χ3n) is 7.28. The molecule has 4 aromatic rings. The summed E-state index contributed by atoms with van der Waals surface area (Å²) in [4.78, 5) is 13.8. The highest BCUT2D eigenvalue weighted by molar-refractivity contribution is 8.04. The molecule has 1 aromatic carbocycles. The van der Waals surface area contributed by atoms with Crippen molar-refractivity contribution in [2.24, 2.45) is 0 Å². The number of thioether (sulfide) groups is 1. The molecule has 41 heavy (non-hydrogen) atoms. The molecular formula is C30H31N5O4S2. The number of nitriles is 1. The third-order valence-corrected chi connectivity index (χ3v) is 9.55. The number of rotatable bonds is 9. The van der Waals surface area contributed by atoms with Crippen LogP contribution in [0.3, 0.4) is 0 Å². The molecule has 0 saturated heterocycles. The van der Waals surface area contributed by atoms with Crippen molar-refractivity contribution in [3.63, 3.8) is 0 Å². The molecule has 9 nitrogen and oxygen atoms in total. The summed E-state index contributed by atoms with van der Waals surface area (Å²) in [6.07, 6.45) is 5.86. The van der Waals surface area contributed by atoms with Crippen LogP contribution >= 0.6 is 23.1 Å². The minimum Gasteiger partial charge on any atom is -0.497 e. The quantitative estimate of drug-likeness (QED) is 0.176. The summed E-state index contributed by atoms with van der Waals surface area (Å²) in [5.74, 6) is 0.763. The Kier molecular flexibility index (Phi) is 8.24. The normalized spacial score (nSPS) is 13.1. The molecule has 1 aliphatic rings. The topological polar surface area (TPSA) is 115 Å². The van der Waals surface area contributed by atoms with Gasteiger partial charge in [0.1, 0.15) is 27.5 Å². The van der Waals surface area contributed by atoms with Crippen LogP contribution in [0.25, 0.3) is 22.5 Å². The first-order valence-electron chi connectivity index (χ1n) is 13.3. The highest BCUT2D eigenvalue weighted by Crippen LogP contribution is 2.39. The highest BCUT2D eigenvalue weighted by Gasteiger charge is 2.25. The van der Waals surface area contributed by atoms with Crippen molar-refractivity contribution >= 4 is 35.1 Å². The van der Waals surface area contributed by atoms with Crippen molar-refractivity contribution in [3.8, 4) is 34.0 Å². The zero-order valence-corrected chi connectivity index (χ0v) is 25.3. The molecule has 3 aromatic heterocycles. The number of methoxy groups -OCH3 is 2. The maximum Gasteiger partial charge on any atom is 0.342 e. The van der Waals surface area contributed by atoms with E-state index in [-0.39, 0.29) is 4.91 Å². The van der Waals surface area contributed by atoms with Crippen LogP contribution in [0.5, 0.6) is 11.5 Å². The fourth-order valence-corrected chi connectivity index (χ4v) is 7.57. The molecule has 1 aliphatic carbocycles. The van der Waals surface area contributed by atoms with Gasteiger partial charge in [-0.3, -0.25) is 0 Å². The monoisotopic (exact) mass is 589 g/mol. The Balaban J connectivity index is 1.52. The number of thiophene rings is 1. The number of carbonyl (C=O) groups is 1. The van der Waals surface area contributed by atoms with Gasteiger partial charge in [0, 0.05) is 34.4 Å². The number of aryl methyl sites for hydroxylation is 2. The maximum atomic E-state index is 12.4. The summed E-state index contributed by atoms with van der Waals surface area (Å²) in [7, 11) is 3.16. The fraction of sp³-hybridized carbons (Fsp3) is 0.333. The third kappa shape index (κ3) is 5.37. The van der Waals surface area contributed by atoms with Crippen molar-refractivity contribution in [2.45, 2.75) is 58.2 Å². The molecule has 0 bridgehead atoms. The molecule has 0 atom stereocenters. The minimum atomic E-state index is -1.06.